The summed E-state index contributed by atoms with van der Waals surface area (Å²) in [5.74, 6) is -0.337. The molecule has 17 heavy (non-hydrogen) atoms. The number of hydrogen-bond donors (Lipinski definition) is 2. The van der Waals surface area contributed by atoms with Gasteiger partial charge in [0.25, 0.3) is 0 Å². The van der Waals surface area contributed by atoms with Crippen molar-refractivity contribution in [2.24, 2.45) is 11.5 Å². The summed E-state index contributed by atoms with van der Waals surface area (Å²) in [7, 11) is 1.87. The molecule has 1 heterocycles. The van der Waals surface area contributed by atoms with E-state index in [1.165, 1.54) is 0 Å². The number of amides is 1. The van der Waals surface area contributed by atoms with Gasteiger partial charge in [-0.05, 0) is 35.5 Å². The first kappa shape index (κ1) is 14.6. The Morgan fingerprint density at radius 1 is 1.65 bits per heavy atom. The number of likely N-dealkylation sites (N-methyl/N-ethyl adjacent to an activating group) is 1. The van der Waals surface area contributed by atoms with Crippen LogP contribution < -0.4 is 11.5 Å². The van der Waals surface area contributed by atoms with Crippen molar-refractivity contribution in [3.8, 4) is 0 Å². The minimum atomic E-state index is -0.337. The maximum atomic E-state index is 11.0. The fraction of sp³-hybridized carbons (Fsp3) is 0.545. The van der Waals surface area contributed by atoms with Crippen molar-refractivity contribution < 1.29 is 4.79 Å². The molecule has 0 fully saturated rings. The van der Waals surface area contributed by atoms with E-state index in [-0.39, 0.29) is 24.5 Å². The number of nitrogens with zero attached hydrogens (tertiary/aromatic N) is 1. The number of nitrogens with two attached hydrogens (primary N) is 2. The molecule has 6 heteroatoms. The Hall–Kier alpha value is -0.430. The molecule has 4 nitrogen and oxygen atoms in total. The van der Waals surface area contributed by atoms with E-state index in [0.29, 0.717) is 0 Å². The zero-order valence-corrected chi connectivity index (χ0v) is 12.4. The Morgan fingerprint density at radius 3 is 2.71 bits per heavy atom. The van der Waals surface area contributed by atoms with Crippen LogP contribution in [0.1, 0.15) is 24.3 Å². The van der Waals surface area contributed by atoms with E-state index in [0.717, 1.165) is 15.8 Å². The number of halogens is 1. The van der Waals surface area contributed by atoms with Gasteiger partial charge in [0.2, 0.25) is 5.91 Å². The SMILES string of the molecule is CCC(N)C(c1cc(Br)cs1)N(C)CC(N)=O. The van der Waals surface area contributed by atoms with Gasteiger partial charge in [-0.3, -0.25) is 9.69 Å². The molecule has 1 aromatic heterocycles. The van der Waals surface area contributed by atoms with Crippen molar-refractivity contribution in [3.63, 3.8) is 0 Å². The summed E-state index contributed by atoms with van der Waals surface area (Å²) in [6.45, 7) is 2.26. The van der Waals surface area contributed by atoms with Crippen molar-refractivity contribution in [2.75, 3.05) is 13.6 Å². The maximum absolute atomic E-state index is 11.0. The highest BCUT2D eigenvalue weighted by molar-refractivity contribution is 9.10. The van der Waals surface area contributed by atoms with E-state index < -0.39 is 0 Å². The van der Waals surface area contributed by atoms with Gasteiger partial charge in [-0.1, -0.05) is 6.92 Å². The Labute approximate surface area is 114 Å². The maximum Gasteiger partial charge on any atom is 0.231 e. The molecule has 1 rings (SSSR count). The van der Waals surface area contributed by atoms with E-state index in [4.69, 9.17) is 11.5 Å². The monoisotopic (exact) mass is 319 g/mol. The zero-order valence-electron chi connectivity index (χ0n) is 10.0. The minimum absolute atomic E-state index is 0.00935. The van der Waals surface area contributed by atoms with E-state index in [1.807, 2.05) is 30.3 Å². The van der Waals surface area contributed by atoms with Gasteiger partial charge in [0.05, 0.1) is 12.6 Å². The largest absolute Gasteiger partial charge is 0.369 e. The van der Waals surface area contributed by atoms with Crippen molar-refractivity contribution in [3.05, 3.63) is 20.8 Å². The van der Waals surface area contributed by atoms with Crippen LogP contribution in [0.25, 0.3) is 0 Å². The van der Waals surface area contributed by atoms with Crippen LogP contribution in [0.15, 0.2) is 15.9 Å². The smallest absolute Gasteiger partial charge is 0.231 e. The quantitative estimate of drug-likeness (QED) is 0.838. The highest BCUT2D eigenvalue weighted by Gasteiger charge is 2.25. The number of hydrogen-bond acceptors (Lipinski definition) is 4. The second-order valence-electron chi connectivity index (χ2n) is 4.07. The fourth-order valence-electron chi connectivity index (χ4n) is 1.81. The first-order valence-corrected chi connectivity index (χ1v) is 7.11. The van der Waals surface area contributed by atoms with E-state index in [1.54, 1.807) is 11.3 Å². The second kappa shape index (κ2) is 6.49. The number of carbonyl (C=O) groups excluding carboxylic acids is 1. The molecule has 0 saturated carbocycles. The lowest BCUT2D eigenvalue weighted by Gasteiger charge is -2.30. The number of carbonyl (C=O) groups is 1. The van der Waals surface area contributed by atoms with Crippen LogP contribution in [-0.4, -0.2) is 30.4 Å². The van der Waals surface area contributed by atoms with Crippen LogP contribution in [0.4, 0.5) is 0 Å². The van der Waals surface area contributed by atoms with Crippen molar-refractivity contribution in [1.29, 1.82) is 0 Å². The minimum Gasteiger partial charge on any atom is -0.369 e. The van der Waals surface area contributed by atoms with E-state index in [2.05, 4.69) is 15.9 Å². The molecule has 0 aliphatic heterocycles. The molecule has 0 saturated heterocycles. The summed E-state index contributed by atoms with van der Waals surface area (Å²) >= 11 is 5.07. The van der Waals surface area contributed by atoms with Gasteiger partial charge in [-0.15, -0.1) is 11.3 Å². The van der Waals surface area contributed by atoms with Gasteiger partial charge in [0.1, 0.15) is 0 Å². The predicted molar refractivity (Wildman–Crippen MR) is 74.9 cm³/mol. The van der Waals surface area contributed by atoms with Gasteiger partial charge in [-0.2, -0.15) is 0 Å². The van der Waals surface area contributed by atoms with Crippen LogP contribution >= 0.6 is 27.3 Å². The van der Waals surface area contributed by atoms with Crippen LogP contribution in [0.3, 0.4) is 0 Å². The predicted octanol–water partition coefficient (Wildman–Crippen LogP) is 1.71. The van der Waals surface area contributed by atoms with Gasteiger partial charge in [0, 0.05) is 20.8 Å². The molecule has 0 spiro atoms. The summed E-state index contributed by atoms with van der Waals surface area (Å²) in [6.07, 6.45) is 0.850. The number of rotatable bonds is 6. The molecular formula is C11H18BrN3OS. The average Bonchev–Trinajstić information content (AvgIpc) is 2.63. The summed E-state index contributed by atoms with van der Waals surface area (Å²) in [4.78, 5) is 14.1. The lowest BCUT2D eigenvalue weighted by atomic mass is 10.0. The Balaban J connectivity index is 2.91. The zero-order chi connectivity index (χ0) is 13.0. The summed E-state index contributed by atoms with van der Waals surface area (Å²) in [6, 6.07) is 2.07. The van der Waals surface area contributed by atoms with E-state index in [9.17, 15) is 4.79 Å². The third-order valence-corrected chi connectivity index (χ3v) is 4.40. The molecule has 2 unspecified atom stereocenters. The lowest BCUT2D eigenvalue weighted by molar-refractivity contribution is -0.119. The Morgan fingerprint density at radius 2 is 2.29 bits per heavy atom. The van der Waals surface area contributed by atoms with Crippen LogP contribution in [0.2, 0.25) is 0 Å². The summed E-state index contributed by atoms with van der Waals surface area (Å²) in [5, 5.41) is 2.02. The average molecular weight is 320 g/mol. The van der Waals surface area contributed by atoms with Crippen molar-refractivity contribution in [1.82, 2.24) is 4.90 Å². The number of thiophene rings is 1. The highest BCUT2D eigenvalue weighted by atomic mass is 79.9. The Bertz CT molecular complexity index is 383. The summed E-state index contributed by atoms with van der Waals surface area (Å²) in [5.41, 5.74) is 11.4. The molecule has 1 amide bonds. The number of primary amides is 1. The molecule has 0 radical (unpaired) electrons. The standard InChI is InChI=1S/C11H18BrN3OS/c1-3-8(13)11(15(2)5-10(14)16)9-4-7(12)6-17-9/h4,6,8,11H,3,5,13H2,1-2H3,(H2,14,16). The van der Waals surface area contributed by atoms with Gasteiger partial charge in [0.15, 0.2) is 0 Å². The van der Waals surface area contributed by atoms with Gasteiger partial charge < -0.3 is 11.5 Å². The molecule has 4 N–H and O–H groups in total. The first-order chi connectivity index (χ1) is 7.95. The molecule has 2 atom stereocenters. The highest BCUT2D eigenvalue weighted by Crippen LogP contribution is 2.31. The van der Waals surface area contributed by atoms with Gasteiger partial charge in [-0.25, -0.2) is 0 Å². The second-order valence-corrected chi connectivity index (χ2v) is 5.92. The lowest BCUT2D eigenvalue weighted by Crippen LogP contribution is -2.42. The Kier molecular flexibility index (Phi) is 5.58. The molecule has 0 bridgehead atoms. The van der Waals surface area contributed by atoms with Gasteiger partial charge >= 0.3 is 0 Å². The third kappa shape index (κ3) is 4.06. The third-order valence-electron chi connectivity index (χ3n) is 2.64. The normalized spacial score (nSPS) is 14.9. The van der Waals surface area contributed by atoms with Crippen LogP contribution in [0.5, 0.6) is 0 Å². The van der Waals surface area contributed by atoms with E-state index >= 15 is 0 Å². The van der Waals surface area contributed by atoms with Crippen molar-refractivity contribution in [2.45, 2.75) is 25.4 Å². The van der Waals surface area contributed by atoms with Crippen LogP contribution in [0, 0.1) is 0 Å². The molecule has 1 aromatic rings. The molecule has 96 valence electrons. The molecule has 0 aromatic carbocycles. The first-order valence-electron chi connectivity index (χ1n) is 5.43. The molecule has 0 aliphatic carbocycles. The molecular weight excluding hydrogens is 302 g/mol. The summed E-state index contributed by atoms with van der Waals surface area (Å²) < 4.78 is 1.04. The fourth-order valence-corrected chi connectivity index (χ4v) is 3.49. The topological polar surface area (TPSA) is 72.3 Å². The molecule has 0 aliphatic rings. The van der Waals surface area contributed by atoms with Crippen LogP contribution in [-0.2, 0) is 4.79 Å². The van der Waals surface area contributed by atoms with Crippen molar-refractivity contribution >= 4 is 33.2 Å².